The fourth-order valence-electron chi connectivity index (χ4n) is 2.04. The third-order valence-corrected chi connectivity index (χ3v) is 4.67. The fraction of sp³-hybridized carbons (Fsp3) is 0.357. The van der Waals surface area contributed by atoms with E-state index >= 15 is 0 Å². The molecular formula is C14H14NO4S2-. The molecule has 0 bridgehead atoms. The van der Waals surface area contributed by atoms with Crippen molar-refractivity contribution in [2.24, 2.45) is 5.92 Å². The number of nitrogens with zero attached hydrogens (tertiary/aromatic N) is 1. The summed E-state index contributed by atoms with van der Waals surface area (Å²) in [6.45, 7) is 3.62. The lowest BCUT2D eigenvalue weighted by molar-refractivity contribution is -0.311. The van der Waals surface area contributed by atoms with Gasteiger partial charge < -0.3 is 14.3 Å². The Bertz CT molecular complexity index is 594. The minimum absolute atomic E-state index is 0.229. The maximum atomic E-state index is 12.4. The largest absolute Gasteiger partial charge is 0.548 e. The van der Waals surface area contributed by atoms with Gasteiger partial charge in [-0.25, -0.2) is 0 Å². The van der Waals surface area contributed by atoms with Gasteiger partial charge in [0, 0.05) is 6.08 Å². The van der Waals surface area contributed by atoms with E-state index in [1.54, 1.807) is 25.1 Å². The number of hydrogen-bond acceptors (Lipinski definition) is 6. The van der Waals surface area contributed by atoms with E-state index in [1.807, 2.05) is 6.92 Å². The Morgan fingerprint density at radius 2 is 2.33 bits per heavy atom. The highest BCUT2D eigenvalue weighted by Crippen LogP contribution is 2.35. The Kier molecular flexibility index (Phi) is 4.84. The van der Waals surface area contributed by atoms with Crippen LogP contribution in [0.2, 0.25) is 0 Å². The van der Waals surface area contributed by atoms with Crippen LogP contribution in [0.1, 0.15) is 26.0 Å². The van der Waals surface area contributed by atoms with Crippen molar-refractivity contribution in [1.82, 2.24) is 4.90 Å². The van der Waals surface area contributed by atoms with Crippen molar-refractivity contribution in [1.29, 1.82) is 0 Å². The molecule has 1 aliphatic heterocycles. The van der Waals surface area contributed by atoms with Crippen molar-refractivity contribution in [3.63, 3.8) is 0 Å². The highest BCUT2D eigenvalue weighted by molar-refractivity contribution is 8.26. The van der Waals surface area contributed by atoms with Gasteiger partial charge in [0.1, 0.15) is 10.1 Å². The average molecular weight is 324 g/mol. The Hall–Kier alpha value is -1.60. The van der Waals surface area contributed by atoms with Crippen LogP contribution >= 0.6 is 24.0 Å². The molecular weight excluding hydrogens is 310 g/mol. The molecule has 2 heterocycles. The fourth-order valence-corrected chi connectivity index (χ4v) is 3.35. The Balaban J connectivity index is 2.31. The van der Waals surface area contributed by atoms with Gasteiger partial charge in [0.15, 0.2) is 0 Å². The number of rotatable bonds is 5. The molecule has 1 aliphatic rings. The van der Waals surface area contributed by atoms with Crippen molar-refractivity contribution in [2.75, 3.05) is 0 Å². The molecule has 1 saturated heterocycles. The van der Waals surface area contributed by atoms with Crippen LogP contribution < -0.4 is 5.11 Å². The summed E-state index contributed by atoms with van der Waals surface area (Å²) in [4.78, 5) is 25.3. The second-order valence-electron chi connectivity index (χ2n) is 4.72. The maximum absolute atomic E-state index is 12.4. The molecule has 0 radical (unpaired) electrons. The van der Waals surface area contributed by atoms with Crippen LogP contribution in [0, 0.1) is 5.92 Å². The Morgan fingerprint density at radius 3 is 2.86 bits per heavy atom. The van der Waals surface area contributed by atoms with Crippen LogP contribution in [0.25, 0.3) is 6.08 Å². The van der Waals surface area contributed by atoms with Crippen molar-refractivity contribution < 1.29 is 19.1 Å². The lowest BCUT2D eigenvalue weighted by Gasteiger charge is -2.32. The first-order valence-corrected chi connectivity index (χ1v) is 7.69. The zero-order valence-corrected chi connectivity index (χ0v) is 13.2. The maximum Gasteiger partial charge on any atom is 0.266 e. The normalized spacial score (nSPS) is 20.1. The number of carboxylic acids is 1. The van der Waals surface area contributed by atoms with E-state index in [0.29, 0.717) is 17.1 Å². The van der Waals surface area contributed by atoms with E-state index in [9.17, 15) is 14.7 Å². The van der Waals surface area contributed by atoms with Gasteiger partial charge >= 0.3 is 0 Å². The number of carboxylic acid groups (broad SMARTS) is 1. The first kappa shape index (κ1) is 15.8. The Labute approximate surface area is 132 Å². The predicted octanol–water partition coefficient (Wildman–Crippen LogP) is 1.65. The van der Waals surface area contributed by atoms with E-state index in [0.717, 1.165) is 16.7 Å². The molecule has 1 aromatic heterocycles. The van der Waals surface area contributed by atoms with Gasteiger partial charge in [0.2, 0.25) is 0 Å². The third-order valence-electron chi connectivity index (χ3n) is 3.34. The van der Waals surface area contributed by atoms with Gasteiger partial charge in [0.05, 0.1) is 23.2 Å². The molecule has 1 aromatic rings. The van der Waals surface area contributed by atoms with E-state index in [4.69, 9.17) is 16.6 Å². The summed E-state index contributed by atoms with van der Waals surface area (Å²) in [6.07, 6.45) is 3.66. The van der Waals surface area contributed by atoms with Crippen LogP contribution in [-0.2, 0) is 9.59 Å². The summed E-state index contributed by atoms with van der Waals surface area (Å²) >= 11 is 6.23. The topological polar surface area (TPSA) is 73.6 Å². The molecule has 21 heavy (non-hydrogen) atoms. The summed E-state index contributed by atoms with van der Waals surface area (Å²) in [6, 6.07) is 2.36. The number of aliphatic carboxylic acids is 1. The van der Waals surface area contributed by atoms with E-state index in [1.165, 1.54) is 6.26 Å². The molecule has 2 atom stereocenters. The number of hydrogen-bond donors (Lipinski definition) is 0. The number of carbonyl (C=O) groups excluding carboxylic acids is 2. The standard InChI is InChI=1S/C14H15NO4S2/c1-3-8(2)11(13(17)18)15-12(16)10(21-14(15)20)7-9-5-4-6-19-9/h4-8,11H,3H2,1-2H3,(H,17,18)/p-1/b10-7+/t8-,11+/m1/s1. The molecule has 0 N–H and O–H groups in total. The first-order chi connectivity index (χ1) is 9.95. The highest BCUT2D eigenvalue weighted by Gasteiger charge is 2.39. The molecule has 0 unspecified atom stereocenters. The first-order valence-electron chi connectivity index (χ1n) is 6.47. The van der Waals surface area contributed by atoms with Gasteiger partial charge in [-0.2, -0.15) is 0 Å². The van der Waals surface area contributed by atoms with E-state index in [2.05, 4.69) is 0 Å². The predicted molar refractivity (Wildman–Crippen MR) is 82.0 cm³/mol. The minimum Gasteiger partial charge on any atom is -0.548 e. The SMILES string of the molecule is CC[C@@H](C)[C@@H](C(=O)[O-])N1C(=O)/C(=C\c2ccco2)SC1=S. The molecule has 5 nitrogen and oxygen atoms in total. The monoisotopic (exact) mass is 324 g/mol. The van der Waals surface area contributed by atoms with E-state index in [-0.39, 0.29) is 10.2 Å². The third kappa shape index (κ3) is 3.19. The second kappa shape index (κ2) is 6.44. The molecule has 0 aliphatic carbocycles. The molecule has 112 valence electrons. The molecule has 0 saturated carbocycles. The zero-order valence-electron chi connectivity index (χ0n) is 11.6. The van der Waals surface area contributed by atoms with Crippen molar-refractivity contribution in [3.8, 4) is 0 Å². The minimum atomic E-state index is -1.29. The lowest BCUT2D eigenvalue weighted by Crippen LogP contribution is -2.53. The molecule has 2 rings (SSSR count). The number of amides is 1. The van der Waals surface area contributed by atoms with Crippen molar-refractivity contribution in [2.45, 2.75) is 26.3 Å². The van der Waals surface area contributed by atoms with Crippen LogP contribution in [0.15, 0.2) is 27.7 Å². The molecule has 1 amide bonds. The summed E-state index contributed by atoms with van der Waals surface area (Å²) in [5.41, 5.74) is 0. The second-order valence-corrected chi connectivity index (χ2v) is 6.39. The smallest absolute Gasteiger partial charge is 0.266 e. The van der Waals surface area contributed by atoms with Gasteiger partial charge in [-0.05, 0) is 18.1 Å². The van der Waals surface area contributed by atoms with Crippen molar-refractivity contribution >= 4 is 46.3 Å². The van der Waals surface area contributed by atoms with Gasteiger partial charge in [-0.3, -0.25) is 9.69 Å². The number of thioether (sulfide) groups is 1. The van der Waals surface area contributed by atoms with Crippen LogP contribution in [0.3, 0.4) is 0 Å². The molecule has 7 heteroatoms. The van der Waals surface area contributed by atoms with Gasteiger partial charge in [-0.15, -0.1) is 0 Å². The summed E-state index contributed by atoms with van der Waals surface area (Å²) < 4.78 is 5.39. The van der Waals surface area contributed by atoms with E-state index < -0.39 is 17.9 Å². The summed E-state index contributed by atoms with van der Waals surface area (Å²) in [7, 11) is 0. The molecule has 0 aromatic carbocycles. The summed E-state index contributed by atoms with van der Waals surface area (Å²) in [5, 5.41) is 11.4. The van der Waals surface area contributed by atoms with Crippen LogP contribution in [0.4, 0.5) is 0 Å². The number of carbonyl (C=O) groups is 2. The number of thiocarbonyl (C=S) groups is 1. The highest BCUT2D eigenvalue weighted by atomic mass is 32.2. The zero-order chi connectivity index (χ0) is 15.6. The van der Waals surface area contributed by atoms with Crippen LogP contribution in [-0.4, -0.2) is 27.1 Å². The number of furan rings is 1. The van der Waals surface area contributed by atoms with Gasteiger partial charge in [-0.1, -0.05) is 44.2 Å². The molecule has 0 spiro atoms. The quantitative estimate of drug-likeness (QED) is 0.605. The molecule has 1 fully saturated rings. The average Bonchev–Trinajstić information content (AvgIpc) is 3.02. The lowest BCUT2D eigenvalue weighted by atomic mass is 9.98. The summed E-state index contributed by atoms with van der Waals surface area (Å²) in [5.74, 6) is -1.44. The Morgan fingerprint density at radius 1 is 1.62 bits per heavy atom. The van der Waals surface area contributed by atoms with Crippen LogP contribution in [0.5, 0.6) is 0 Å². The van der Waals surface area contributed by atoms with Gasteiger partial charge in [0.25, 0.3) is 5.91 Å². The van der Waals surface area contributed by atoms with Crippen molar-refractivity contribution in [3.05, 3.63) is 29.1 Å².